The van der Waals surface area contributed by atoms with Crippen LogP contribution in [0.2, 0.25) is 5.02 Å². The molecule has 0 aromatic heterocycles. The van der Waals surface area contributed by atoms with E-state index in [1.165, 1.54) is 17.0 Å². The molecule has 0 unspecified atom stereocenters. The maximum Gasteiger partial charge on any atom is 0.311 e. The number of ether oxygens (including phenoxy) is 1. The first-order chi connectivity index (χ1) is 13.3. The van der Waals surface area contributed by atoms with E-state index in [0.29, 0.717) is 5.69 Å². The topological polar surface area (TPSA) is 75.7 Å². The highest BCUT2D eigenvalue weighted by molar-refractivity contribution is 6.30. The fourth-order valence-corrected chi connectivity index (χ4v) is 3.05. The summed E-state index contributed by atoms with van der Waals surface area (Å²) in [4.78, 5) is 37.9. The van der Waals surface area contributed by atoms with Crippen LogP contribution in [-0.4, -0.2) is 30.9 Å². The quantitative estimate of drug-likeness (QED) is 0.776. The van der Waals surface area contributed by atoms with Gasteiger partial charge in [0.1, 0.15) is 5.82 Å². The van der Waals surface area contributed by atoms with Gasteiger partial charge in [-0.05, 0) is 37.3 Å². The second kappa shape index (κ2) is 8.39. The smallest absolute Gasteiger partial charge is 0.311 e. The zero-order valence-corrected chi connectivity index (χ0v) is 15.8. The molecule has 1 aliphatic rings. The van der Waals surface area contributed by atoms with Crippen molar-refractivity contribution < 1.29 is 23.5 Å². The number of amides is 2. The highest BCUT2D eigenvalue weighted by Crippen LogP contribution is 2.26. The number of esters is 1. The Morgan fingerprint density at radius 3 is 2.68 bits per heavy atom. The van der Waals surface area contributed by atoms with Gasteiger partial charge in [0.2, 0.25) is 5.91 Å². The lowest BCUT2D eigenvalue weighted by atomic mass is 10.1. The van der Waals surface area contributed by atoms with Crippen molar-refractivity contribution in [1.82, 2.24) is 0 Å². The van der Waals surface area contributed by atoms with Gasteiger partial charge in [0.05, 0.1) is 11.6 Å². The predicted octanol–water partition coefficient (Wildman–Crippen LogP) is 3.32. The van der Waals surface area contributed by atoms with Crippen molar-refractivity contribution in [3.05, 3.63) is 58.9 Å². The summed E-state index contributed by atoms with van der Waals surface area (Å²) in [5.74, 6) is -2.85. The van der Waals surface area contributed by atoms with Crippen molar-refractivity contribution in [3.63, 3.8) is 0 Å². The minimum absolute atomic E-state index is 0.0112. The lowest BCUT2D eigenvalue weighted by molar-refractivity contribution is -0.151. The summed E-state index contributed by atoms with van der Waals surface area (Å²) in [6.45, 7) is 1.54. The molecule has 0 saturated carbocycles. The zero-order chi connectivity index (χ0) is 20.3. The van der Waals surface area contributed by atoms with E-state index in [0.717, 1.165) is 11.6 Å². The van der Waals surface area contributed by atoms with Gasteiger partial charge in [-0.25, -0.2) is 4.39 Å². The summed E-state index contributed by atoms with van der Waals surface area (Å²) in [6.07, 6.45) is 0.0112. The Labute approximate surface area is 166 Å². The number of aryl methyl sites for hydroxylation is 1. The summed E-state index contributed by atoms with van der Waals surface area (Å²) in [5, 5.41) is 2.55. The fourth-order valence-electron chi connectivity index (χ4n) is 2.87. The molecular formula is C20H18ClFN2O4. The van der Waals surface area contributed by atoms with E-state index in [2.05, 4.69) is 5.32 Å². The Morgan fingerprint density at radius 2 is 1.96 bits per heavy atom. The van der Waals surface area contributed by atoms with Crippen molar-refractivity contribution in [3.8, 4) is 0 Å². The number of rotatable bonds is 5. The maximum atomic E-state index is 13.6. The SMILES string of the molecule is Cc1ccc(N2C[C@@H](C(=O)OCC(=O)Nc3cc(Cl)ccc3F)CC2=O)cc1. The van der Waals surface area contributed by atoms with Gasteiger partial charge in [-0.2, -0.15) is 0 Å². The highest BCUT2D eigenvalue weighted by Gasteiger charge is 2.36. The molecule has 28 heavy (non-hydrogen) atoms. The van der Waals surface area contributed by atoms with Crippen molar-refractivity contribution in [2.24, 2.45) is 5.92 Å². The first-order valence-electron chi connectivity index (χ1n) is 8.62. The van der Waals surface area contributed by atoms with Crippen molar-refractivity contribution in [2.45, 2.75) is 13.3 Å². The summed E-state index contributed by atoms with van der Waals surface area (Å²) in [7, 11) is 0. The van der Waals surface area contributed by atoms with E-state index >= 15 is 0 Å². The molecule has 0 spiro atoms. The predicted molar refractivity (Wildman–Crippen MR) is 103 cm³/mol. The molecule has 0 bridgehead atoms. The molecule has 146 valence electrons. The first-order valence-corrected chi connectivity index (χ1v) is 9.00. The summed E-state index contributed by atoms with van der Waals surface area (Å²) < 4.78 is 18.6. The van der Waals surface area contributed by atoms with E-state index < -0.39 is 30.2 Å². The molecule has 0 radical (unpaired) electrons. The molecule has 1 N–H and O–H groups in total. The molecule has 1 aliphatic heterocycles. The number of benzene rings is 2. The minimum Gasteiger partial charge on any atom is -0.455 e. The van der Waals surface area contributed by atoms with Gasteiger partial charge < -0.3 is 15.0 Å². The number of nitrogens with zero attached hydrogens (tertiary/aromatic N) is 1. The summed E-state index contributed by atoms with van der Waals surface area (Å²) >= 11 is 5.76. The Morgan fingerprint density at radius 1 is 1.25 bits per heavy atom. The van der Waals surface area contributed by atoms with Gasteiger partial charge in [-0.15, -0.1) is 0 Å². The van der Waals surface area contributed by atoms with E-state index in [-0.39, 0.29) is 29.6 Å². The van der Waals surface area contributed by atoms with Crippen LogP contribution in [0.5, 0.6) is 0 Å². The number of nitrogens with one attached hydrogen (secondary N) is 1. The second-order valence-corrected chi connectivity index (χ2v) is 6.96. The summed E-state index contributed by atoms with van der Waals surface area (Å²) in [6, 6.07) is 11.1. The van der Waals surface area contributed by atoms with Crippen LogP contribution in [-0.2, 0) is 19.1 Å². The number of hydrogen-bond acceptors (Lipinski definition) is 4. The van der Waals surface area contributed by atoms with Crippen molar-refractivity contribution in [2.75, 3.05) is 23.4 Å². The Bertz CT molecular complexity index is 917. The van der Waals surface area contributed by atoms with Gasteiger partial charge in [-0.3, -0.25) is 14.4 Å². The Hall–Kier alpha value is -2.93. The molecule has 8 heteroatoms. The van der Waals surface area contributed by atoms with Crippen LogP contribution >= 0.6 is 11.6 Å². The number of halogens is 2. The molecular weight excluding hydrogens is 387 g/mol. The van der Waals surface area contributed by atoms with Crippen LogP contribution in [0.25, 0.3) is 0 Å². The molecule has 2 aromatic rings. The molecule has 1 heterocycles. The van der Waals surface area contributed by atoms with Gasteiger partial charge in [-0.1, -0.05) is 29.3 Å². The second-order valence-electron chi connectivity index (χ2n) is 6.52. The lowest BCUT2D eigenvalue weighted by Gasteiger charge is -2.16. The van der Waals surface area contributed by atoms with Crippen LogP contribution in [0.15, 0.2) is 42.5 Å². The van der Waals surface area contributed by atoms with E-state index in [4.69, 9.17) is 16.3 Å². The third-order valence-electron chi connectivity index (χ3n) is 4.35. The monoisotopic (exact) mass is 404 g/mol. The molecule has 3 rings (SSSR count). The van der Waals surface area contributed by atoms with Gasteiger partial charge >= 0.3 is 5.97 Å². The van der Waals surface area contributed by atoms with E-state index in [1.807, 2.05) is 31.2 Å². The molecule has 2 amide bonds. The Kier molecular flexibility index (Phi) is 5.94. The van der Waals surface area contributed by atoms with Crippen molar-refractivity contribution in [1.29, 1.82) is 0 Å². The van der Waals surface area contributed by atoms with Crippen LogP contribution in [0, 0.1) is 18.7 Å². The Balaban J connectivity index is 1.53. The first kappa shape index (κ1) is 19.8. The highest BCUT2D eigenvalue weighted by atomic mass is 35.5. The standard InChI is InChI=1S/C20H18ClFN2O4/c1-12-2-5-15(6-3-12)24-10-13(8-19(24)26)20(27)28-11-18(25)23-17-9-14(21)4-7-16(17)22/h2-7,9,13H,8,10-11H2,1H3,(H,23,25)/t13-/m0/s1. The molecule has 6 nitrogen and oxygen atoms in total. The molecule has 1 atom stereocenters. The van der Waals surface area contributed by atoms with Crippen LogP contribution < -0.4 is 10.2 Å². The number of anilines is 2. The van der Waals surface area contributed by atoms with Gasteiger partial charge in [0.25, 0.3) is 5.91 Å². The minimum atomic E-state index is -0.700. The normalized spacial score (nSPS) is 16.2. The largest absolute Gasteiger partial charge is 0.455 e. The fraction of sp³-hybridized carbons (Fsp3) is 0.250. The number of carbonyl (C=O) groups excluding carboxylic acids is 3. The third kappa shape index (κ3) is 4.67. The van der Waals surface area contributed by atoms with Crippen LogP contribution in [0.3, 0.4) is 0 Å². The average Bonchev–Trinajstić information content (AvgIpc) is 3.05. The molecule has 1 saturated heterocycles. The maximum absolute atomic E-state index is 13.6. The van der Waals surface area contributed by atoms with E-state index in [1.54, 1.807) is 0 Å². The van der Waals surface area contributed by atoms with Gasteiger partial charge in [0, 0.05) is 23.7 Å². The van der Waals surface area contributed by atoms with Gasteiger partial charge in [0.15, 0.2) is 6.61 Å². The molecule has 0 aliphatic carbocycles. The third-order valence-corrected chi connectivity index (χ3v) is 4.59. The van der Waals surface area contributed by atoms with Crippen LogP contribution in [0.1, 0.15) is 12.0 Å². The zero-order valence-electron chi connectivity index (χ0n) is 15.1. The van der Waals surface area contributed by atoms with Crippen molar-refractivity contribution >= 4 is 40.8 Å². The van der Waals surface area contributed by atoms with E-state index in [9.17, 15) is 18.8 Å². The van der Waals surface area contributed by atoms with Crippen LogP contribution in [0.4, 0.5) is 15.8 Å². The average molecular weight is 405 g/mol. The summed E-state index contributed by atoms with van der Waals surface area (Å²) in [5.41, 5.74) is 1.67. The lowest BCUT2D eigenvalue weighted by Crippen LogP contribution is -2.28. The molecule has 2 aromatic carbocycles. The number of carbonyl (C=O) groups is 3. The molecule has 1 fully saturated rings. The number of hydrogen-bond donors (Lipinski definition) is 1.